The van der Waals surface area contributed by atoms with E-state index in [4.69, 9.17) is 0 Å². The van der Waals surface area contributed by atoms with Crippen LogP contribution in [0.3, 0.4) is 0 Å². The topological polar surface area (TPSA) is 0 Å². The molecule has 0 heterocycles. The van der Waals surface area contributed by atoms with Crippen LogP contribution in [0.1, 0.15) is 30.4 Å². The van der Waals surface area contributed by atoms with Gasteiger partial charge in [-0.05, 0) is 29.9 Å². The first-order valence-electron chi connectivity index (χ1n) is 4.54. The van der Waals surface area contributed by atoms with E-state index in [1.807, 2.05) is 0 Å². The molecule has 2 unspecified atom stereocenters. The van der Waals surface area contributed by atoms with Gasteiger partial charge in [-0.15, -0.1) is 0 Å². The van der Waals surface area contributed by atoms with Crippen molar-refractivity contribution in [3.63, 3.8) is 0 Å². The molecule has 0 spiro atoms. The molecule has 0 N–H and O–H groups in total. The highest BCUT2D eigenvalue weighted by Crippen LogP contribution is 2.46. The van der Waals surface area contributed by atoms with E-state index in [2.05, 4.69) is 47.1 Å². The SMILES string of the molecule is CCc1ccc(C2CC2Br)cc1. The van der Waals surface area contributed by atoms with E-state index in [-0.39, 0.29) is 0 Å². The molecule has 0 bridgehead atoms. The number of hydrogen-bond acceptors (Lipinski definition) is 0. The van der Waals surface area contributed by atoms with Gasteiger partial charge in [0.05, 0.1) is 0 Å². The predicted molar refractivity (Wildman–Crippen MR) is 55.9 cm³/mol. The van der Waals surface area contributed by atoms with Gasteiger partial charge >= 0.3 is 0 Å². The third-order valence-electron chi connectivity index (χ3n) is 2.53. The molecule has 0 radical (unpaired) electrons. The van der Waals surface area contributed by atoms with Gasteiger partial charge in [0.25, 0.3) is 0 Å². The van der Waals surface area contributed by atoms with Gasteiger partial charge in [0.1, 0.15) is 0 Å². The average molecular weight is 225 g/mol. The maximum Gasteiger partial charge on any atom is 0.0221 e. The molecule has 1 aliphatic rings. The summed E-state index contributed by atoms with van der Waals surface area (Å²) in [5.41, 5.74) is 2.93. The van der Waals surface area contributed by atoms with Crippen molar-refractivity contribution in [3.8, 4) is 0 Å². The molecule has 12 heavy (non-hydrogen) atoms. The lowest BCUT2D eigenvalue weighted by atomic mass is 10.1. The second kappa shape index (κ2) is 3.21. The van der Waals surface area contributed by atoms with E-state index in [1.165, 1.54) is 17.5 Å². The van der Waals surface area contributed by atoms with Crippen LogP contribution in [0.5, 0.6) is 0 Å². The van der Waals surface area contributed by atoms with E-state index in [1.54, 1.807) is 0 Å². The minimum Gasteiger partial charge on any atom is -0.0884 e. The highest BCUT2D eigenvalue weighted by atomic mass is 79.9. The van der Waals surface area contributed by atoms with Gasteiger partial charge in [-0.25, -0.2) is 0 Å². The summed E-state index contributed by atoms with van der Waals surface area (Å²) in [6.07, 6.45) is 2.45. The largest absolute Gasteiger partial charge is 0.0884 e. The summed E-state index contributed by atoms with van der Waals surface area (Å²) >= 11 is 3.62. The van der Waals surface area contributed by atoms with Crippen molar-refractivity contribution in [3.05, 3.63) is 35.4 Å². The van der Waals surface area contributed by atoms with Crippen LogP contribution in [-0.2, 0) is 6.42 Å². The third kappa shape index (κ3) is 1.56. The summed E-state index contributed by atoms with van der Waals surface area (Å²) in [6, 6.07) is 9.02. The van der Waals surface area contributed by atoms with E-state index in [0.29, 0.717) is 0 Å². The van der Waals surface area contributed by atoms with E-state index in [0.717, 1.165) is 17.2 Å². The van der Waals surface area contributed by atoms with Gasteiger partial charge in [-0.1, -0.05) is 47.1 Å². The van der Waals surface area contributed by atoms with Crippen LogP contribution in [0.15, 0.2) is 24.3 Å². The van der Waals surface area contributed by atoms with Crippen LogP contribution in [-0.4, -0.2) is 4.83 Å². The van der Waals surface area contributed by atoms with Crippen molar-refractivity contribution in [2.24, 2.45) is 0 Å². The molecule has 0 saturated heterocycles. The van der Waals surface area contributed by atoms with E-state index < -0.39 is 0 Å². The summed E-state index contributed by atoms with van der Waals surface area (Å²) in [5.74, 6) is 0.788. The third-order valence-corrected chi connectivity index (χ3v) is 3.54. The Morgan fingerprint density at radius 1 is 1.33 bits per heavy atom. The molecule has 1 aromatic rings. The maximum absolute atomic E-state index is 3.62. The summed E-state index contributed by atoms with van der Waals surface area (Å²) < 4.78 is 0. The standard InChI is InChI=1S/C11H13Br/c1-2-8-3-5-9(6-4-8)10-7-11(10)12/h3-6,10-11H,2,7H2,1H3. The Morgan fingerprint density at radius 3 is 2.33 bits per heavy atom. The molecular weight excluding hydrogens is 212 g/mol. The quantitative estimate of drug-likeness (QED) is 0.675. The van der Waals surface area contributed by atoms with Gasteiger partial charge in [-0.2, -0.15) is 0 Å². The fraction of sp³-hybridized carbons (Fsp3) is 0.455. The smallest absolute Gasteiger partial charge is 0.0221 e. The maximum atomic E-state index is 3.62. The van der Waals surface area contributed by atoms with Crippen LogP contribution < -0.4 is 0 Å². The van der Waals surface area contributed by atoms with Crippen molar-refractivity contribution >= 4 is 15.9 Å². The highest BCUT2D eigenvalue weighted by Gasteiger charge is 2.35. The molecule has 0 aliphatic heterocycles. The Morgan fingerprint density at radius 2 is 1.92 bits per heavy atom. The molecule has 0 nitrogen and oxygen atoms in total. The lowest BCUT2D eigenvalue weighted by Crippen LogP contribution is -1.83. The monoisotopic (exact) mass is 224 g/mol. The first-order chi connectivity index (χ1) is 5.81. The van der Waals surface area contributed by atoms with Crippen LogP contribution in [0.2, 0.25) is 0 Å². The van der Waals surface area contributed by atoms with Gasteiger partial charge < -0.3 is 0 Å². The summed E-state index contributed by atoms with van der Waals surface area (Å²) in [6.45, 7) is 2.19. The Hall–Kier alpha value is -0.300. The van der Waals surface area contributed by atoms with Crippen LogP contribution in [0, 0.1) is 0 Å². The average Bonchev–Trinajstić information content (AvgIpc) is 2.83. The molecule has 1 heteroatoms. The minimum absolute atomic E-state index is 0.741. The van der Waals surface area contributed by atoms with Crippen LogP contribution in [0.4, 0.5) is 0 Å². The summed E-state index contributed by atoms with van der Waals surface area (Å²) in [4.78, 5) is 0.741. The Balaban J connectivity index is 2.14. The molecule has 2 rings (SSSR count). The molecule has 1 aliphatic carbocycles. The first-order valence-corrected chi connectivity index (χ1v) is 5.45. The number of aryl methyl sites for hydroxylation is 1. The van der Waals surface area contributed by atoms with Crippen molar-refractivity contribution in [2.75, 3.05) is 0 Å². The van der Waals surface area contributed by atoms with Crippen molar-refractivity contribution < 1.29 is 0 Å². The molecular formula is C11H13Br. The lowest BCUT2D eigenvalue weighted by Gasteiger charge is -1.99. The van der Waals surface area contributed by atoms with Crippen LogP contribution >= 0.6 is 15.9 Å². The molecule has 0 amide bonds. The number of hydrogen-bond donors (Lipinski definition) is 0. The summed E-state index contributed by atoms with van der Waals surface area (Å²) in [7, 11) is 0. The zero-order valence-electron chi connectivity index (χ0n) is 7.26. The lowest BCUT2D eigenvalue weighted by molar-refractivity contribution is 1.10. The molecule has 64 valence electrons. The second-order valence-electron chi connectivity index (χ2n) is 3.45. The molecule has 2 atom stereocenters. The van der Waals surface area contributed by atoms with E-state index in [9.17, 15) is 0 Å². The van der Waals surface area contributed by atoms with Gasteiger partial charge in [-0.3, -0.25) is 0 Å². The fourth-order valence-corrected chi connectivity index (χ4v) is 2.22. The zero-order valence-corrected chi connectivity index (χ0v) is 8.84. The number of halogens is 1. The Kier molecular flexibility index (Phi) is 2.22. The highest BCUT2D eigenvalue weighted by molar-refractivity contribution is 9.09. The minimum atomic E-state index is 0.741. The normalized spacial score (nSPS) is 27.2. The van der Waals surface area contributed by atoms with Crippen molar-refractivity contribution in [1.82, 2.24) is 0 Å². The second-order valence-corrected chi connectivity index (χ2v) is 4.63. The van der Waals surface area contributed by atoms with Crippen molar-refractivity contribution in [1.29, 1.82) is 0 Å². The Labute approximate surface area is 82.1 Å². The van der Waals surface area contributed by atoms with Crippen LogP contribution in [0.25, 0.3) is 0 Å². The molecule has 1 fully saturated rings. The van der Waals surface area contributed by atoms with Crippen molar-refractivity contribution in [2.45, 2.75) is 30.5 Å². The number of alkyl halides is 1. The first kappa shape index (κ1) is 8.31. The van der Waals surface area contributed by atoms with Gasteiger partial charge in [0, 0.05) is 4.83 Å². The molecule has 1 aromatic carbocycles. The predicted octanol–water partition coefficient (Wildman–Crippen LogP) is 3.50. The molecule has 1 saturated carbocycles. The van der Waals surface area contributed by atoms with Gasteiger partial charge in [0.15, 0.2) is 0 Å². The molecule has 0 aromatic heterocycles. The Bertz CT molecular complexity index is 263. The van der Waals surface area contributed by atoms with Gasteiger partial charge in [0.2, 0.25) is 0 Å². The number of rotatable bonds is 2. The van der Waals surface area contributed by atoms with E-state index >= 15 is 0 Å². The summed E-state index contributed by atoms with van der Waals surface area (Å²) in [5, 5.41) is 0. The fourth-order valence-electron chi connectivity index (χ4n) is 1.51. The zero-order chi connectivity index (χ0) is 8.55. The number of benzene rings is 1.